The summed E-state index contributed by atoms with van der Waals surface area (Å²) in [6.45, 7) is 2.28. The third kappa shape index (κ3) is 6.16. The van der Waals surface area contributed by atoms with Gasteiger partial charge in [-0.05, 0) is 25.1 Å². The predicted molar refractivity (Wildman–Crippen MR) is 81.1 cm³/mol. The number of nitrogens with one attached hydrogen (secondary N) is 1. The van der Waals surface area contributed by atoms with Crippen LogP contribution in [0, 0.1) is 0 Å². The summed E-state index contributed by atoms with van der Waals surface area (Å²) in [5.74, 6) is 0.230. The van der Waals surface area contributed by atoms with Gasteiger partial charge in [0.05, 0.1) is 10.8 Å². The van der Waals surface area contributed by atoms with Gasteiger partial charge in [0, 0.05) is 22.5 Å². The van der Waals surface area contributed by atoms with E-state index in [1.54, 1.807) is 18.2 Å². The van der Waals surface area contributed by atoms with Crippen LogP contribution in [-0.2, 0) is 4.79 Å². The Morgan fingerprint density at radius 3 is 2.78 bits per heavy atom. The first-order valence-electron chi connectivity index (χ1n) is 5.10. The van der Waals surface area contributed by atoms with E-state index in [4.69, 9.17) is 28.9 Å². The van der Waals surface area contributed by atoms with Gasteiger partial charge in [0.25, 0.3) is 0 Å². The molecule has 0 heterocycles. The lowest BCUT2D eigenvalue weighted by Gasteiger charge is -2.11. The van der Waals surface area contributed by atoms with Gasteiger partial charge in [-0.15, -0.1) is 24.2 Å². The smallest absolute Gasteiger partial charge is 0.230 e. The topological polar surface area (TPSA) is 55.1 Å². The predicted octanol–water partition coefficient (Wildman–Crippen LogP) is 2.97. The summed E-state index contributed by atoms with van der Waals surface area (Å²) < 4.78 is 0. The molecule has 1 aromatic rings. The summed E-state index contributed by atoms with van der Waals surface area (Å²) >= 11 is 13.2. The molecule has 0 fully saturated rings. The molecule has 0 radical (unpaired) electrons. The Kier molecular flexibility index (Phi) is 8.82. The third-order valence-electron chi connectivity index (χ3n) is 2.01. The van der Waals surface area contributed by atoms with Gasteiger partial charge in [0.1, 0.15) is 0 Å². The molecule has 0 aromatic heterocycles. The number of thioether (sulfide) groups is 1. The number of benzene rings is 1. The highest BCUT2D eigenvalue weighted by molar-refractivity contribution is 8.00. The minimum atomic E-state index is -0.0657. The molecule has 3 N–H and O–H groups in total. The molecule has 1 amide bonds. The fourth-order valence-corrected chi connectivity index (χ4v) is 2.41. The Labute approximate surface area is 127 Å². The fraction of sp³-hybridized carbons (Fsp3) is 0.364. The SMILES string of the molecule is C[C@@H](CN)NC(=O)CSc1cc(Cl)ccc1Cl.Cl. The van der Waals surface area contributed by atoms with Crippen LogP contribution in [0.3, 0.4) is 0 Å². The lowest BCUT2D eigenvalue weighted by molar-refractivity contribution is -0.119. The molecular formula is C11H15Cl3N2OS. The number of hydrogen-bond donors (Lipinski definition) is 2. The zero-order valence-corrected chi connectivity index (χ0v) is 12.9. The van der Waals surface area contributed by atoms with Crippen molar-refractivity contribution in [2.24, 2.45) is 5.73 Å². The van der Waals surface area contributed by atoms with Crippen LogP contribution in [0.4, 0.5) is 0 Å². The second-order valence-electron chi connectivity index (χ2n) is 3.57. The van der Waals surface area contributed by atoms with Gasteiger partial charge in [-0.25, -0.2) is 0 Å². The van der Waals surface area contributed by atoms with Crippen molar-refractivity contribution in [3.8, 4) is 0 Å². The van der Waals surface area contributed by atoms with Crippen molar-refractivity contribution in [1.82, 2.24) is 5.32 Å². The van der Waals surface area contributed by atoms with Crippen LogP contribution >= 0.6 is 47.4 Å². The van der Waals surface area contributed by atoms with Crippen molar-refractivity contribution in [3.63, 3.8) is 0 Å². The molecule has 0 aliphatic rings. The van der Waals surface area contributed by atoms with Crippen molar-refractivity contribution in [2.75, 3.05) is 12.3 Å². The number of rotatable bonds is 5. The molecule has 0 spiro atoms. The van der Waals surface area contributed by atoms with Gasteiger partial charge in [-0.3, -0.25) is 4.79 Å². The van der Waals surface area contributed by atoms with E-state index in [9.17, 15) is 4.79 Å². The first kappa shape index (κ1) is 17.9. The van der Waals surface area contributed by atoms with E-state index >= 15 is 0 Å². The highest BCUT2D eigenvalue weighted by Gasteiger charge is 2.08. The number of amides is 1. The van der Waals surface area contributed by atoms with E-state index in [2.05, 4.69) is 5.32 Å². The van der Waals surface area contributed by atoms with Crippen molar-refractivity contribution < 1.29 is 4.79 Å². The van der Waals surface area contributed by atoms with Crippen molar-refractivity contribution in [1.29, 1.82) is 0 Å². The lowest BCUT2D eigenvalue weighted by Crippen LogP contribution is -2.38. The first-order valence-corrected chi connectivity index (χ1v) is 6.84. The highest BCUT2D eigenvalue weighted by atomic mass is 35.5. The molecule has 0 aliphatic heterocycles. The Hall–Kier alpha value is -0.130. The Bertz CT molecular complexity index is 404. The molecule has 1 rings (SSSR count). The summed E-state index contributed by atoms with van der Waals surface area (Å²) in [6, 6.07) is 5.16. The van der Waals surface area contributed by atoms with Crippen LogP contribution < -0.4 is 11.1 Å². The minimum Gasteiger partial charge on any atom is -0.352 e. The second kappa shape index (κ2) is 8.88. The molecule has 18 heavy (non-hydrogen) atoms. The van der Waals surface area contributed by atoms with E-state index in [1.165, 1.54) is 11.8 Å². The van der Waals surface area contributed by atoms with Gasteiger partial charge in [-0.1, -0.05) is 23.2 Å². The van der Waals surface area contributed by atoms with Crippen molar-refractivity contribution in [2.45, 2.75) is 17.9 Å². The maximum absolute atomic E-state index is 11.5. The molecule has 102 valence electrons. The largest absolute Gasteiger partial charge is 0.352 e. The number of halogens is 3. The van der Waals surface area contributed by atoms with Crippen molar-refractivity contribution >= 4 is 53.3 Å². The van der Waals surface area contributed by atoms with Crippen LogP contribution in [0.15, 0.2) is 23.1 Å². The summed E-state index contributed by atoms with van der Waals surface area (Å²) in [4.78, 5) is 12.3. The first-order chi connectivity index (χ1) is 8.02. The van der Waals surface area contributed by atoms with E-state index in [0.717, 1.165) is 4.90 Å². The molecule has 3 nitrogen and oxygen atoms in total. The zero-order chi connectivity index (χ0) is 12.8. The molecule has 1 aromatic carbocycles. The zero-order valence-electron chi connectivity index (χ0n) is 9.78. The molecular weight excluding hydrogens is 315 g/mol. The van der Waals surface area contributed by atoms with Gasteiger partial charge in [0.15, 0.2) is 0 Å². The van der Waals surface area contributed by atoms with E-state index in [0.29, 0.717) is 22.3 Å². The van der Waals surface area contributed by atoms with Crippen LogP contribution in [0.25, 0.3) is 0 Å². The van der Waals surface area contributed by atoms with Crippen LogP contribution in [0.5, 0.6) is 0 Å². The normalized spacial score (nSPS) is 11.6. The fourth-order valence-electron chi connectivity index (χ4n) is 1.11. The molecule has 1 atom stereocenters. The van der Waals surface area contributed by atoms with Crippen molar-refractivity contribution in [3.05, 3.63) is 28.2 Å². The maximum Gasteiger partial charge on any atom is 0.230 e. The summed E-state index contributed by atoms with van der Waals surface area (Å²) in [7, 11) is 0. The summed E-state index contributed by atoms with van der Waals surface area (Å²) in [5.41, 5.74) is 5.41. The number of hydrogen-bond acceptors (Lipinski definition) is 3. The summed E-state index contributed by atoms with van der Waals surface area (Å²) in [5, 5.41) is 3.97. The van der Waals surface area contributed by atoms with Crippen LogP contribution in [-0.4, -0.2) is 24.2 Å². The molecule has 0 unspecified atom stereocenters. The molecule has 0 saturated heterocycles. The maximum atomic E-state index is 11.5. The van der Waals surface area contributed by atoms with E-state index in [1.807, 2.05) is 6.92 Å². The monoisotopic (exact) mass is 328 g/mol. The lowest BCUT2D eigenvalue weighted by atomic mass is 10.3. The average molecular weight is 330 g/mol. The van der Waals surface area contributed by atoms with Gasteiger partial charge < -0.3 is 11.1 Å². The van der Waals surface area contributed by atoms with E-state index < -0.39 is 0 Å². The van der Waals surface area contributed by atoms with Gasteiger partial charge in [0.2, 0.25) is 5.91 Å². The molecule has 0 bridgehead atoms. The quantitative estimate of drug-likeness (QED) is 0.817. The Balaban J connectivity index is 0.00000289. The molecule has 7 heteroatoms. The molecule has 0 saturated carbocycles. The van der Waals surface area contributed by atoms with E-state index in [-0.39, 0.29) is 24.4 Å². The van der Waals surface area contributed by atoms with Crippen LogP contribution in [0.1, 0.15) is 6.92 Å². The Morgan fingerprint density at radius 1 is 1.50 bits per heavy atom. The highest BCUT2D eigenvalue weighted by Crippen LogP contribution is 2.29. The Morgan fingerprint density at radius 2 is 2.17 bits per heavy atom. The van der Waals surface area contributed by atoms with Gasteiger partial charge >= 0.3 is 0 Å². The molecule has 0 aliphatic carbocycles. The number of carbonyl (C=O) groups excluding carboxylic acids is 1. The third-order valence-corrected chi connectivity index (χ3v) is 3.74. The minimum absolute atomic E-state index is 0. The summed E-state index contributed by atoms with van der Waals surface area (Å²) in [6.07, 6.45) is 0. The number of carbonyl (C=O) groups is 1. The van der Waals surface area contributed by atoms with Gasteiger partial charge in [-0.2, -0.15) is 0 Å². The standard InChI is InChI=1S/C11H14Cl2N2OS.ClH/c1-7(5-14)15-11(16)6-17-10-4-8(12)2-3-9(10)13;/h2-4,7H,5-6,14H2,1H3,(H,15,16);1H/t7-;/m0./s1. The number of nitrogens with two attached hydrogens (primary N) is 1. The second-order valence-corrected chi connectivity index (χ2v) is 5.43. The van der Waals surface area contributed by atoms with Crippen LogP contribution in [0.2, 0.25) is 10.0 Å². The average Bonchev–Trinajstić information content (AvgIpc) is 2.30.